The predicted octanol–water partition coefficient (Wildman–Crippen LogP) is 4.62. The van der Waals surface area contributed by atoms with E-state index in [1.165, 1.54) is 6.07 Å². The first kappa shape index (κ1) is 12.2. The zero-order valence-corrected chi connectivity index (χ0v) is 10.6. The van der Waals surface area contributed by atoms with E-state index in [4.69, 9.17) is 16.0 Å². The summed E-state index contributed by atoms with van der Waals surface area (Å²) >= 11 is 6.31. The number of furan rings is 1. The number of halogens is 2. The molecule has 0 spiro atoms. The van der Waals surface area contributed by atoms with Gasteiger partial charge in [-0.3, -0.25) is 0 Å². The molecule has 0 amide bonds. The molecular weight excluding hydrogens is 239 g/mol. The Kier molecular flexibility index (Phi) is 3.53. The topological polar surface area (TPSA) is 13.1 Å². The fraction of sp³-hybridized carbons (Fsp3) is 0.286. The van der Waals surface area contributed by atoms with Crippen molar-refractivity contribution in [2.45, 2.75) is 25.6 Å². The van der Waals surface area contributed by atoms with E-state index >= 15 is 0 Å². The lowest BCUT2D eigenvalue weighted by Crippen LogP contribution is -1.93. The molecule has 0 N–H and O–H groups in total. The van der Waals surface area contributed by atoms with Gasteiger partial charge in [0.1, 0.15) is 22.7 Å². The van der Waals surface area contributed by atoms with Gasteiger partial charge in [0.25, 0.3) is 0 Å². The zero-order chi connectivity index (χ0) is 12.4. The molecule has 1 aromatic carbocycles. The maximum atomic E-state index is 13.2. The van der Waals surface area contributed by atoms with Crippen molar-refractivity contribution in [1.29, 1.82) is 0 Å². The molecule has 0 radical (unpaired) electrons. The summed E-state index contributed by atoms with van der Waals surface area (Å²) in [5, 5.41) is -0.366. The van der Waals surface area contributed by atoms with E-state index in [1.807, 2.05) is 19.1 Å². The molecule has 0 bridgehead atoms. The lowest BCUT2D eigenvalue weighted by atomic mass is 10.1. The SMILES string of the molecule is CCc1ccc(C(Cl)c2ccc(F)c(C)c2)o1. The molecule has 0 aliphatic carbocycles. The van der Waals surface area contributed by atoms with Gasteiger partial charge in [0.05, 0.1) is 0 Å². The third-order valence-corrected chi connectivity index (χ3v) is 3.22. The van der Waals surface area contributed by atoms with Gasteiger partial charge in [-0.25, -0.2) is 4.39 Å². The molecule has 1 aromatic heterocycles. The molecule has 2 aromatic rings. The summed E-state index contributed by atoms with van der Waals surface area (Å²) in [7, 11) is 0. The fourth-order valence-electron chi connectivity index (χ4n) is 1.71. The van der Waals surface area contributed by atoms with Gasteiger partial charge in [0.2, 0.25) is 0 Å². The van der Waals surface area contributed by atoms with Crippen LogP contribution in [0, 0.1) is 12.7 Å². The van der Waals surface area contributed by atoms with Gasteiger partial charge in [0, 0.05) is 6.42 Å². The number of hydrogen-bond donors (Lipinski definition) is 0. The van der Waals surface area contributed by atoms with Gasteiger partial charge in [-0.15, -0.1) is 11.6 Å². The molecule has 90 valence electrons. The Bertz CT molecular complexity index is 519. The Morgan fingerprint density at radius 2 is 2.06 bits per heavy atom. The van der Waals surface area contributed by atoms with E-state index in [1.54, 1.807) is 19.1 Å². The molecule has 0 fully saturated rings. The highest BCUT2D eigenvalue weighted by molar-refractivity contribution is 6.22. The van der Waals surface area contributed by atoms with E-state index in [0.717, 1.165) is 17.7 Å². The smallest absolute Gasteiger partial charge is 0.126 e. The first-order valence-corrected chi connectivity index (χ1v) is 6.04. The Hall–Kier alpha value is -1.28. The Morgan fingerprint density at radius 1 is 1.29 bits per heavy atom. The molecule has 0 saturated heterocycles. The lowest BCUT2D eigenvalue weighted by Gasteiger charge is -2.08. The highest BCUT2D eigenvalue weighted by Gasteiger charge is 2.15. The van der Waals surface area contributed by atoms with Crippen molar-refractivity contribution in [2.75, 3.05) is 0 Å². The molecular formula is C14H14ClFO. The molecule has 1 nitrogen and oxygen atoms in total. The van der Waals surface area contributed by atoms with Crippen LogP contribution >= 0.6 is 11.6 Å². The average molecular weight is 253 g/mol. The van der Waals surface area contributed by atoms with Gasteiger partial charge in [0.15, 0.2) is 0 Å². The first-order valence-electron chi connectivity index (χ1n) is 5.60. The summed E-state index contributed by atoms with van der Waals surface area (Å²) in [6.07, 6.45) is 0.839. The van der Waals surface area contributed by atoms with Crippen LogP contribution in [0.2, 0.25) is 0 Å². The molecule has 1 atom stereocenters. The molecule has 17 heavy (non-hydrogen) atoms. The summed E-state index contributed by atoms with van der Waals surface area (Å²) < 4.78 is 18.8. The van der Waals surface area contributed by atoms with Gasteiger partial charge >= 0.3 is 0 Å². The van der Waals surface area contributed by atoms with E-state index in [2.05, 4.69) is 0 Å². The molecule has 0 aliphatic heterocycles. The summed E-state index contributed by atoms with van der Waals surface area (Å²) in [5.74, 6) is 1.39. The molecule has 0 saturated carbocycles. The van der Waals surface area contributed by atoms with Crippen LogP contribution in [0.1, 0.15) is 34.9 Å². The Labute approximate surface area is 105 Å². The number of rotatable bonds is 3. The van der Waals surface area contributed by atoms with Crippen molar-refractivity contribution >= 4 is 11.6 Å². The largest absolute Gasteiger partial charge is 0.464 e. The number of aryl methyl sites for hydroxylation is 2. The molecule has 0 aliphatic rings. The average Bonchev–Trinajstić information content (AvgIpc) is 2.80. The number of benzene rings is 1. The Morgan fingerprint density at radius 3 is 2.65 bits per heavy atom. The van der Waals surface area contributed by atoms with Gasteiger partial charge in [-0.05, 0) is 36.2 Å². The second kappa shape index (κ2) is 4.92. The van der Waals surface area contributed by atoms with Crippen LogP contribution in [0.25, 0.3) is 0 Å². The van der Waals surface area contributed by atoms with Crippen LogP contribution in [0.4, 0.5) is 4.39 Å². The van der Waals surface area contributed by atoms with Crippen molar-refractivity contribution in [3.63, 3.8) is 0 Å². The Balaban J connectivity index is 2.29. The summed E-state index contributed by atoms with van der Waals surface area (Å²) in [4.78, 5) is 0. The van der Waals surface area contributed by atoms with Gasteiger partial charge < -0.3 is 4.42 Å². The van der Waals surface area contributed by atoms with Crippen molar-refractivity contribution in [1.82, 2.24) is 0 Å². The normalized spacial score (nSPS) is 12.7. The predicted molar refractivity (Wildman–Crippen MR) is 66.9 cm³/mol. The second-order valence-electron chi connectivity index (χ2n) is 4.03. The minimum absolute atomic E-state index is 0.216. The second-order valence-corrected chi connectivity index (χ2v) is 4.47. The van der Waals surface area contributed by atoms with E-state index < -0.39 is 0 Å². The zero-order valence-electron chi connectivity index (χ0n) is 9.84. The molecule has 3 heteroatoms. The van der Waals surface area contributed by atoms with Crippen LogP contribution in [-0.4, -0.2) is 0 Å². The minimum atomic E-state index is -0.366. The van der Waals surface area contributed by atoms with Crippen molar-refractivity contribution in [3.05, 3.63) is 58.8 Å². The number of alkyl halides is 1. The summed E-state index contributed by atoms with van der Waals surface area (Å²) in [6.45, 7) is 3.75. The van der Waals surface area contributed by atoms with Crippen LogP contribution < -0.4 is 0 Å². The summed E-state index contributed by atoms with van der Waals surface area (Å²) in [6, 6.07) is 8.66. The third-order valence-electron chi connectivity index (χ3n) is 2.76. The van der Waals surface area contributed by atoms with E-state index in [9.17, 15) is 4.39 Å². The van der Waals surface area contributed by atoms with Gasteiger partial charge in [-0.2, -0.15) is 0 Å². The standard InChI is InChI=1S/C14H14ClFO/c1-3-11-5-7-13(17-11)14(15)10-4-6-12(16)9(2)8-10/h4-8,14H,3H2,1-2H3. The minimum Gasteiger partial charge on any atom is -0.464 e. The number of hydrogen-bond acceptors (Lipinski definition) is 1. The van der Waals surface area contributed by atoms with Crippen LogP contribution in [0.3, 0.4) is 0 Å². The van der Waals surface area contributed by atoms with Crippen molar-refractivity contribution < 1.29 is 8.81 Å². The molecule has 1 heterocycles. The van der Waals surface area contributed by atoms with Crippen molar-refractivity contribution in [3.8, 4) is 0 Å². The van der Waals surface area contributed by atoms with Crippen molar-refractivity contribution in [2.24, 2.45) is 0 Å². The maximum absolute atomic E-state index is 13.2. The van der Waals surface area contributed by atoms with Crippen LogP contribution in [0.15, 0.2) is 34.7 Å². The highest BCUT2D eigenvalue weighted by atomic mass is 35.5. The van der Waals surface area contributed by atoms with E-state index in [0.29, 0.717) is 11.3 Å². The molecule has 2 rings (SSSR count). The van der Waals surface area contributed by atoms with Crippen LogP contribution in [0.5, 0.6) is 0 Å². The van der Waals surface area contributed by atoms with E-state index in [-0.39, 0.29) is 11.2 Å². The maximum Gasteiger partial charge on any atom is 0.126 e. The monoisotopic (exact) mass is 252 g/mol. The highest BCUT2D eigenvalue weighted by Crippen LogP contribution is 2.31. The quantitative estimate of drug-likeness (QED) is 0.727. The van der Waals surface area contributed by atoms with Gasteiger partial charge in [-0.1, -0.05) is 19.1 Å². The summed E-state index contributed by atoms with van der Waals surface area (Å²) in [5.41, 5.74) is 1.44. The van der Waals surface area contributed by atoms with Crippen LogP contribution in [-0.2, 0) is 6.42 Å². The fourth-order valence-corrected chi connectivity index (χ4v) is 1.96. The lowest BCUT2D eigenvalue weighted by molar-refractivity contribution is 0.474. The third kappa shape index (κ3) is 2.52. The molecule has 1 unspecified atom stereocenters. The first-order chi connectivity index (χ1) is 8.11.